The summed E-state index contributed by atoms with van der Waals surface area (Å²) in [4.78, 5) is 8.68. The summed E-state index contributed by atoms with van der Waals surface area (Å²) in [7, 11) is 0. The predicted molar refractivity (Wildman–Crippen MR) is 81.3 cm³/mol. The van der Waals surface area contributed by atoms with Crippen molar-refractivity contribution in [1.29, 1.82) is 0 Å². The molecular formula is C15H18ClN3O. The summed E-state index contributed by atoms with van der Waals surface area (Å²) < 4.78 is 5.59. The molecule has 1 aromatic heterocycles. The second-order valence-electron chi connectivity index (χ2n) is 4.82. The number of anilines is 1. The predicted octanol–water partition coefficient (Wildman–Crippen LogP) is 3.84. The lowest BCUT2D eigenvalue weighted by Crippen LogP contribution is -2.10. The first-order chi connectivity index (χ1) is 9.52. The Morgan fingerprint density at radius 1 is 1.20 bits per heavy atom. The number of nitrogens with one attached hydrogen (secondary N) is 1. The monoisotopic (exact) mass is 291 g/mol. The molecule has 0 radical (unpaired) electrons. The first-order valence-electron chi connectivity index (χ1n) is 6.53. The lowest BCUT2D eigenvalue weighted by molar-refractivity contribution is 0.232. The van der Waals surface area contributed by atoms with Gasteiger partial charge in [0, 0.05) is 23.3 Å². The maximum Gasteiger partial charge on any atom is 0.226 e. The van der Waals surface area contributed by atoms with E-state index in [9.17, 15) is 0 Å². The van der Waals surface area contributed by atoms with Crippen LogP contribution in [0.1, 0.15) is 25.1 Å². The molecular weight excluding hydrogens is 274 g/mol. The van der Waals surface area contributed by atoms with Gasteiger partial charge in [-0.3, -0.25) is 0 Å². The molecule has 1 heterocycles. The first-order valence-corrected chi connectivity index (χ1v) is 6.91. The molecule has 0 unspecified atom stereocenters. The molecule has 0 fully saturated rings. The van der Waals surface area contributed by atoms with Gasteiger partial charge in [-0.2, -0.15) is 4.98 Å². The molecule has 0 aliphatic heterocycles. The van der Waals surface area contributed by atoms with Crippen LogP contribution < -0.4 is 10.1 Å². The van der Waals surface area contributed by atoms with Crippen molar-refractivity contribution in [3.05, 3.63) is 46.6 Å². The van der Waals surface area contributed by atoms with E-state index in [1.807, 2.05) is 51.1 Å². The van der Waals surface area contributed by atoms with Crippen molar-refractivity contribution in [3.63, 3.8) is 0 Å². The lowest BCUT2D eigenvalue weighted by Gasteiger charge is -2.11. The fraction of sp³-hybridized carbons (Fsp3) is 0.333. The third-order valence-electron chi connectivity index (χ3n) is 2.55. The summed E-state index contributed by atoms with van der Waals surface area (Å²) >= 11 is 5.86. The molecule has 0 saturated carbocycles. The number of nitrogens with zero attached hydrogens (tertiary/aromatic N) is 2. The normalized spacial score (nSPS) is 10.7. The van der Waals surface area contributed by atoms with E-state index in [-0.39, 0.29) is 6.10 Å². The van der Waals surface area contributed by atoms with Crippen LogP contribution in [0.3, 0.4) is 0 Å². The SMILES string of the molecule is Cc1cc(OC(C)C)nc(NCc2ccc(Cl)cc2)n1. The minimum Gasteiger partial charge on any atom is -0.475 e. The maximum atomic E-state index is 5.86. The molecule has 0 aliphatic rings. The highest BCUT2D eigenvalue weighted by molar-refractivity contribution is 6.30. The van der Waals surface area contributed by atoms with Crippen LogP contribution in [0.15, 0.2) is 30.3 Å². The minimum absolute atomic E-state index is 0.0911. The van der Waals surface area contributed by atoms with E-state index in [2.05, 4.69) is 15.3 Å². The highest BCUT2D eigenvalue weighted by Gasteiger charge is 2.05. The number of halogens is 1. The van der Waals surface area contributed by atoms with Crippen molar-refractivity contribution < 1.29 is 4.74 Å². The van der Waals surface area contributed by atoms with Gasteiger partial charge in [0.2, 0.25) is 11.8 Å². The van der Waals surface area contributed by atoms with Crippen LogP contribution >= 0.6 is 11.6 Å². The summed E-state index contributed by atoms with van der Waals surface area (Å²) in [5.74, 6) is 1.15. The molecule has 0 atom stereocenters. The van der Waals surface area contributed by atoms with Gasteiger partial charge in [0.05, 0.1) is 6.10 Å². The number of aryl methyl sites for hydroxylation is 1. The van der Waals surface area contributed by atoms with Crippen molar-refractivity contribution in [2.75, 3.05) is 5.32 Å². The smallest absolute Gasteiger partial charge is 0.226 e. The molecule has 1 N–H and O–H groups in total. The zero-order valence-corrected chi connectivity index (χ0v) is 12.6. The Kier molecular flexibility index (Phi) is 4.79. The lowest BCUT2D eigenvalue weighted by atomic mass is 10.2. The van der Waals surface area contributed by atoms with Crippen molar-refractivity contribution in [1.82, 2.24) is 9.97 Å². The quantitative estimate of drug-likeness (QED) is 0.909. The van der Waals surface area contributed by atoms with Gasteiger partial charge < -0.3 is 10.1 Å². The molecule has 5 heteroatoms. The van der Waals surface area contributed by atoms with Gasteiger partial charge in [-0.25, -0.2) is 4.98 Å². The van der Waals surface area contributed by atoms with Gasteiger partial charge >= 0.3 is 0 Å². The van der Waals surface area contributed by atoms with Gasteiger partial charge in [0.1, 0.15) is 0 Å². The zero-order chi connectivity index (χ0) is 14.5. The van der Waals surface area contributed by atoms with Crippen LogP contribution in [0, 0.1) is 6.92 Å². The Hall–Kier alpha value is -1.81. The topological polar surface area (TPSA) is 47.0 Å². The van der Waals surface area contributed by atoms with Gasteiger partial charge in [-0.1, -0.05) is 23.7 Å². The van der Waals surface area contributed by atoms with Crippen molar-refractivity contribution in [2.24, 2.45) is 0 Å². The van der Waals surface area contributed by atoms with Gasteiger partial charge in [0.15, 0.2) is 0 Å². The van der Waals surface area contributed by atoms with Crippen molar-refractivity contribution in [2.45, 2.75) is 33.4 Å². The summed E-state index contributed by atoms with van der Waals surface area (Å²) in [5.41, 5.74) is 1.99. The number of aromatic nitrogens is 2. The Morgan fingerprint density at radius 3 is 2.55 bits per heavy atom. The van der Waals surface area contributed by atoms with Gasteiger partial charge in [0.25, 0.3) is 0 Å². The number of benzene rings is 1. The Balaban J connectivity index is 2.05. The highest BCUT2D eigenvalue weighted by Crippen LogP contribution is 2.15. The summed E-state index contributed by atoms with van der Waals surface area (Å²) in [6.07, 6.45) is 0.0911. The van der Waals surface area contributed by atoms with Gasteiger partial charge in [-0.05, 0) is 38.5 Å². The molecule has 0 saturated heterocycles. The second-order valence-corrected chi connectivity index (χ2v) is 5.25. The zero-order valence-electron chi connectivity index (χ0n) is 11.9. The maximum absolute atomic E-state index is 5.86. The fourth-order valence-corrected chi connectivity index (χ4v) is 1.83. The second kappa shape index (κ2) is 6.57. The number of ether oxygens (including phenoxy) is 1. The minimum atomic E-state index is 0.0911. The molecule has 2 rings (SSSR count). The number of hydrogen-bond donors (Lipinski definition) is 1. The van der Waals surface area contributed by atoms with E-state index in [0.29, 0.717) is 18.4 Å². The summed E-state index contributed by atoms with van der Waals surface area (Å²) in [5, 5.41) is 3.92. The van der Waals surface area contributed by atoms with E-state index >= 15 is 0 Å². The largest absolute Gasteiger partial charge is 0.475 e. The summed E-state index contributed by atoms with van der Waals surface area (Å²) in [6, 6.07) is 9.49. The van der Waals surface area contributed by atoms with Crippen LogP contribution in [-0.2, 0) is 6.54 Å². The van der Waals surface area contributed by atoms with E-state index in [0.717, 1.165) is 16.3 Å². The molecule has 0 aliphatic carbocycles. The Labute approximate surface area is 124 Å². The Morgan fingerprint density at radius 2 is 1.90 bits per heavy atom. The highest BCUT2D eigenvalue weighted by atomic mass is 35.5. The number of rotatable bonds is 5. The molecule has 106 valence electrons. The summed E-state index contributed by atoms with van der Waals surface area (Å²) in [6.45, 7) is 6.50. The first kappa shape index (κ1) is 14.6. The average Bonchev–Trinajstić information content (AvgIpc) is 2.36. The van der Waals surface area contributed by atoms with Crippen molar-refractivity contribution >= 4 is 17.5 Å². The van der Waals surface area contributed by atoms with Crippen LogP contribution in [-0.4, -0.2) is 16.1 Å². The molecule has 4 nitrogen and oxygen atoms in total. The van der Waals surface area contributed by atoms with Crippen LogP contribution in [0.25, 0.3) is 0 Å². The third-order valence-corrected chi connectivity index (χ3v) is 2.80. The fourth-order valence-electron chi connectivity index (χ4n) is 1.70. The van der Waals surface area contributed by atoms with Crippen LogP contribution in [0.2, 0.25) is 5.02 Å². The Bertz CT molecular complexity index is 570. The van der Waals surface area contributed by atoms with E-state index in [1.54, 1.807) is 0 Å². The molecule has 20 heavy (non-hydrogen) atoms. The standard InChI is InChI=1S/C15H18ClN3O/c1-10(2)20-14-8-11(3)18-15(19-14)17-9-12-4-6-13(16)7-5-12/h4-8,10H,9H2,1-3H3,(H,17,18,19). The van der Waals surface area contributed by atoms with E-state index in [1.165, 1.54) is 0 Å². The van der Waals surface area contributed by atoms with Crippen LogP contribution in [0.4, 0.5) is 5.95 Å². The molecule has 0 spiro atoms. The molecule has 1 aromatic carbocycles. The van der Waals surface area contributed by atoms with E-state index < -0.39 is 0 Å². The third kappa shape index (κ3) is 4.38. The number of hydrogen-bond acceptors (Lipinski definition) is 4. The van der Waals surface area contributed by atoms with Crippen molar-refractivity contribution in [3.8, 4) is 5.88 Å². The molecule has 0 bridgehead atoms. The van der Waals surface area contributed by atoms with E-state index in [4.69, 9.17) is 16.3 Å². The van der Waals surface area contributed by atoms with Crippen LogP contribution in [0.5, 0.6) is 5.88 Å². The van der Waals surface area contributed by atoms with Gasteiger partial charge in [-0.15, -0.1) is 0 Å². The molecule has 2 aromatic rings. The molecule has 0 amide bonds. The average molecular weight is 292 g/mol.